The summed E-state index contributed by atoms with van der Waals surface area (Å²) in [7, 11) is 0. The monoisotopic (exact) mass is 341 g/mol. The molecule has 0 atom stereocenters. The Morgan fingerprint density at radius 2 is 2.04 bits per heavy atom. The third-order valence-corrected chi connectivity index (χ3v) is 3.80. The van der Waals surface area contributed by atoms with Gasteiger partial charge in [-0.3, -0.25) is 4.79 Å². The summed E-state index contributed by atoms with van der Waals surface area (Å²) in [5.74, 6) is 0.861. The van der Waals surface area contributed by atoms with Gasteiger partial charge in [0.05, 0.1) is 0 Å². The molecule has 0 fully saturated rings. The van der Waals surface area contributed by atoms with Gasteiger partial charge in [0.1, 0.15) is 0 Å². The summed E-state index contributed by atoms with van der Waals surface area (Å²) in [6, 6.07) is 14.6. The van der Waals surface area contributed by atoms with Gasteiger partial charge in [-0.15, -0.1) is 0 Å². The summed E-state index contributed by atoms with van der Waals surface area (Å²) in [5.41, 5.74) is 2.54. The molecule has 0 aliphatic heterocycles. The summed E-state index contributed by atoms with van der Waals surface area (Å²) < 4.78 is 5.25. The third kappa shape index (κ3) is 3.81. The van der Waals surface area contributed by atoms with Gasteiger partial charge in [-0.05, 0) is 30.7 Å². The van der Waals surface area contributed by atoms with Crippen molar-refractivity contribution in [2.45, 2.75) is 13.3 Å². The van der Waals surface area contributed by atoms with Crippen LogP contribution in [0.1, 0.15) is 21.8 Å². The van der Waals surface area contributed by atoms with E-state index in [1.54, 1.807) is 24.3 Å². The fourth-order valence-corrected chi connectivity index (χ4v) is 2.49. The van der Waals surface area contributed by atoms with Crippen molar-refractivity contribution in [3.05, 3.63) is 70.6 Å². The van der Waals surface area contributed by atoms with Crippen LogP contribution in [-0.2, 0) is 6.42 Å². The lowest BCUT2D eigenvalue weighted by Crippen LogP contribution is -2.25. The van der Waals surface area contributed by atoms with Crippen LogP contribution >= 0.6 is 11.6 Å². The number of nitrogens with one attached hydrogen (secondary N) is 1. The summed E-state index contributed by atoms with van der Waals surface area (Å²) in [5, 5.41) is 7.34. The molecule has 1 heterocycles. The molecule has 5 nitrogen and oxygen atoms in total. The van der Waals surface area contributed by atoms with E-state index in [2.05, 4.69) is 15.5 Å². The predicted octanol–water partition coefficient (Wildman–Crippen LogP) is 3.67. The number of nitrogens with zero attached hydrogens (tertiary/aromatic N) is 2. The van der Waals surface area contributed by atoms with Crippen molar-refractivity contribution in [3.63, 3.8) is 0 Å². The summed E-state index contributed by atoms with van der Waals surface area (Å²) in [6.45, 7) is 2.40. The van der Waals surface area contributed by atoms with Crippen molar-refractivity contribution in [2.75, 3.05) is 6.54 Å². The van der Waals surface area contributed by atoms with Gasteiger partial charge < -0.3 is 9.84 Å². The first kappa shape index (κ1) is 16.2. The zero-order valence-corrected chi connectivity index (χ0v) is 13.9. The van der Waals surface area contributed by atoms with E-state index in [4.69, 9.17) is 16.1 Å². The van der Waals surface area contributed by atoms with E-state index in [-0.39, 0.29) is 5.91 Å². The normalized spacial score (nSPS) is 10.6. The van der Waals surface area contributed by atoms with Crippen LogP contribution in [0.25, 0.3) is 11.4 Å². The van der Waals surface area contributed by atoms with Gasteiger partial charge in [0, 0.05) is 29.1 Å². The second-order valence-electron chi connectivity index (χ2n) is 5.34. The van der Waals surface area contributed by atoms with Gasteiger partial charge >= 0.3 is 0 Å². The number of rotatable bonds is 5. The van der Waals surface area contributed by atoms with Gasteiger partial charge in [0.15, 0.2) is 0 Å². The third-order valence-electron chi connectivity index (χ3n) is 3.57. The maximum absolute atomic E-state index is 12.0. The van der Waals surface area contributed by atoms with E-state index in [0.29, 0.717) is 35.3 Å². The number of hydrogen-bond acceptors (Lipinski definition) is 4. The van der Waals surface area contributed by atoms with Crippen molar-refractivity contribution < 1.29 is 9.32 Å². The summed E-state index contributed by atoms with van der Waals surface area (Å²) in [4.78, 5) is 16.4. The number of aromatic nitrogens is 2. The highest BCUT2D eigenvalue weighted by molar-refractivity contribution is 6.30. The maximum Gasteiger partial charge on any atom is 0.251 e. The minimum absolute atomic E-state index is 0.184. The highest BCUT2D eigenvalue weighted by atomic mass is 35.5. The van der Waals surface area contributed by atoms with Crippen molar-refractivity contribution in [1.82, 2.24) is 15.5 Å². The topological polar surface area (TPSA) is 68.0 Å². The Morgan fingerprint density at radius 3 is 2.83 bits per heavy atom. The molecule has 0 radical (unpaired) electrons. The number of carbonyl (C=O) groups excluding carboxylic acids is 1. The van der Waals surface area contributed by atoms with Gasteiger partial charge in [0.2, 0.25) is 11.7 Å². The average Bonchev–Trinajstić information content (AvgIpc) is 3.04. The molecular weight excluding hydrogens is 326 g/mol. The van der Waals surface area contributed by atoms with E-state index in [0.717, 1.165) is 11.1 Å². The molecule has 3 aromatic rings. The molecule has 0 unspecified atom stereocenters. The molecule has 0 aliphatic rings. The number of benzene rings is 2. The van der Waals surface area contributed by atoms with Crippen LogP contribution < -0.4 is 5.32 Å². The maximum atomic E-state index is 12.0. The Labute approximate surface area is 144 Å². The van der Waals surface area contributed by atoms with Crippen molar-refractivity contribution >= 4 is 17.5 Å². The van der Waals surface area contributed by atoms with Gasteiger partial charge in [0.25, 0.3) is 5.91 Å². The molecule has 0 aliphatic carbocycles. The number of halogens is 1. The van der Waals surface area contributed by atoms with Crippen LogP contribution in [0, 0.1) is 6.92 Å². The standard InChI is InChI=1S/C18H16ClN3O2/c1-12-5-2-3-8-15(12)17-21-16(24-22-17)9-10-20-18(23)13-6-4-7-14(19)11-13/h2-8,11H,9-10H2,1H3,(H,20,23). The Morgan fingerprint density at radius 1 is 1.21 bits per heavy atom. The van der Waals surface area contributed by atoms with Crippen molar-refractivity contribution in [3.8, 4) is 11.4 Å². The molecule has 24 heavy (non-hydrogen) atoms. The quantitative estimate of drug-likeness (QED) is 0.768. The van der Waals surface area contributed by atoms with Crippen LogP contribution in [-0.4, -0.2) is 22.6 Å². The van der Waals surface area contributed by atoms with Gasteiger partial charge in [-0.2, -0.15) is 4.98 Å². The molecule has 0 spiro atoms. The molecule has 122 valence electrons. The molecule has 0 saturated heterocycles. The van der Waals surface area contributed by atoms with Crippen LogP contribution in [0.2, 0.25) is 5.02 Å². The molecular formula is C18H16ClN3O2. The Bertz CT molecular complexity index is 861. The number of amides is 1. The van der Waals surface area contributed by atoms with E-state index >= 15 is 0 Å². The van der Waals surface area contributed by atoms with Crippen LogP contribution in [0.5, 0.6) is 0 Å². The van der Waals surface area contributed by atoms with E-state index in [9.17, 15) is 4.79 Å². The molecule has 3 rings (SSSR count). The zero-order chi connectivity index (χ0) is 16.9. The Balaban J connectivity index is 1.58. The molecule has 0 saturated carbocycles. The molecule has 6 heteroatoms. The summed E-state index contributed by atoms with van der Waals surface area (Å²) >= 11 is 5.88. The molecule has 0 bridgehead atoms. The SMILES string of the molecule is Cc1ccccc1-c1noc(CCNC(=O)c2cccc(Cl)c2)n1. The van der Waals surface area contributed by atoms with Crippen LogP contribution in [0.4, 0.5) is 0 Å². The lowest BCUT2D eigenvalue weighted by Gasteiger charge is -2.03. The average molecular weight is 342 g/mol. The number of hydrogen-bond donors (Lipinski definition) is 1. The van der Waals surface area contributed by atoms with Gasteiger partial charge in [-0.25, -0.2) is 0 Å². The van der Waals surface area contributed by atoms with Crippen LogP contribution in [0.3, 0.4) is 0 Å². The lowest BCUT2D eigenvalue weighted by atomic mass is 10.1. The smallest absolute Gasteiger partial charge is 0.251 e. The number of carbonyl (C=O) groups is 1. The predicted molar refractivity (Wildman–Crippen MR) is 92.0 cm³/mol. The van der Waals surface area contributed by atoms with Gasteiger partial charge in [-0.1, -0.05) is 47.1 Å². The van der Waals surface area contributed by atoms with Crippen molar-refractivity contribution in [1.29, 1.82) is 0 Å². The fourth-order valence-electron chi connectivity index (χ4n) is 2.30. The first-order chi connectivity index (χ1) is 11.6. The minimum atomic E-state index is -0.184. The lowest BCUT2D eigenvalue weighted by molar-refractivity contribution is 0.0953. The highest BCUT2D eigenvalue weighted by Crippen LogP contribution is 2.19. The Hall–Kier alpha value is -2.66. The second kappa shape index (κ2) is 7.27. The molecule has 2 aromatic carbocycles. The largest absolute Gasteiger partial charge is 0.352 e. The first-order valence-corrected chi connectivity index (χ1v) is 7.93. The highest BCUT2D eigenvalue weighted by Gasteiger charge is 2.11. The first-order valence-electron chi connectivity index (χ1n) is 7.56. The molecule has 1 amide bonds. The molecule has 1 N–H and O–H groups in total. The van der Waals surface area contributed by atoms with E-state index in [1.807, 2.05) is 31.2 Å². The molecule has 1 aromatic heterocycles. The van der Waals surface area contributed by atoms with Crippen molar-refractivity contribution in [2.24, 2.45) is 0 Å². The van der Waals surface area contributed by atoms with E-state index < -0.39 is 0 Å². The van der Waals surface area contributed by atoms with E-state index in [1.165, 1.54) is 0 Å². The fraction of sp³-hybridized carbons (Fsp3) is 0.167. The number of aryl methyl sites for hydroxylation is 1. The minimum Gasteiger partial charge on any atom is -0.352 e. The zero-order valence-electron chi connectivity index (χ0n) is 13.1. The van der Waals surface area contributed by atoms with Crippen LogP contribution in [0.15, 0.2) is 53.1 Å². The second-order valence-corrected chi connectivity index (χ2v) is 5.78. The summed E-state index contributed by atoms with van der Waals surface area (Å²) in [6.07, 6.45) is 0.463. The Kier molecular flexibility index (Phi) is 4.91.